The van der Waals surface area contributed by atoms with Crippen molar-refractivity contribution < 1.29 is 0 Å². The van der Waals surface area contributed by atoms with Crippen LogP contribution in [0.4, 0.5) is 39.8 Å². The molecule has 0 fully saturated rings. The van der Waals surface area contributed by atoms with Gasteiger partial charge in [0.25, 0.3) is 0 Å². The fourth-order valence-electron chi connectivity index (χ4n) is 8.87. The third-order valence-electron chi connectivity index (χ3n) is 11.3. The first-order valence-electron chi connectivity index (χ1n) is 18.9. The summed E-state index contributed by atoms with van der Waals surface area (Å²) in [4.78, 5) is 8.62. The molecule has 0 amide bonds. The van der Waals surface area contributed by atoms with Crippen molar-refractivity contribution in [3.05, 3.63) is 244 Å². The fourth-order valence-corrected chi connectivity index (χ4v) is 8.87. The number of nitrogens with zero attached hydrogens (tertiary/aromatic N) is 4. The maximum absolute atomic E-state index is 10.6. The molecule has 0 N–H and O–H groups in total. The van der Waals surface area contributed by atoms with Gasteiger partial charge in [0.1, 0.15) is 0 Å². The van der Waals surface area contributed by atoms with Gasteiger partial charge in [-0.15, -0.1) is 0 Å². The van der Waals surface area contributed by atoms with Crippen LogP contribution < -0.4 is 9.80 Å². The monoisotopic (exact) mass is 714 g/mol. The van der Waals surface area contributed by atoms with Gasteiger partial charge in [0.15, 0.2) is 5.69 Å². The van der Waals surface area contributed by atoms with Crippen LogP contribution in [0.3, 0.4) is 0 Å². The van der Waals surface area contributed by atoms with Crippen molar-refractivity contribution in [3.8, 4) is 17.2 Å². The summed E-state index contributed by atoms with van der Waals surface area (Å²) in [6, 6.07) is 70.2. The van der Waals surface area contributed by atoms with Crippen molar-refractivity contribution in [1.82, 2.24) is 0 Å². The van der Waals surface area contributed by atoms with Crippen molar-refractivity contribution in [1.29, 1.82) is 5.26 Å². The number of nitriles is 1. The molecule has 262 valence electrons. The van der Waals surface area contributed by atoms with Gasteiger partial charge in [-0.3, -0.25) is 0 Å². The van der Waals surface area contributed by atoms with E-state index in [0.29, 0.717) is 11.3 Å². The number of fused-ring (bicyclic) bond motifs is 4. The Morgan fingerprint density at radius 2 is 0.804 bits per heavy atom. The Hall–Kier alpha value is -7.66. The summed E-state index contributed by atoms with van der Waals surface area (Å²) in [5, 5.41) is 10.6. The van der Waals surface area contributed by atoms with Crippen molar-refractivity contribution >= 4 is 39.8 Å². The largest absolute Gasteiger partial charge is 0.310 e. The van der Waals surface area contributed by atoms with E-state index in [1.807, 2.05) is 24.3 Å². The van der Waals surface area contributed by atoms with Gasteiger partial charge in [0.05, 0.1) is 41.0 Å². The zero-order valence-electron chi connectivity index (χ0n) is 30.4. The normalized spacial score (nSPS) is 13.1. The lowest BCUT2D eigenvalue weighted by atomic mass is 9.80. The Morgan fingerprint density at radius 1 is 0.429 bits per heavy atom. The molecular weight excluding hydrogens is 681 g/mol. The lowest BCUT2D eigenvalue weighted by molar-refractivity contribution is 0.938. The quantitative estimate of drug-likeness (QED) is 0.167. The standard InChI is InChI=1S/C52H34N4/c1-54-46-31-30-39(56-49-26-14-10-22-42(49)52(36-18-6-3-7-19-36)43-23-11-15-27-50(43)56)33-45(46)44-32-38(29-28-37(44)34-53)55-47-24-12-8-20-40(47)51(35-16-4-2-5-17-35)41-21-9-13-25-48(41)55/h2-33,51-52H. The number of para-hydroxylation sites is 4. The molecule has 4 heteroatoms. The smallest absolute Gasteiger partial charge is 0.195 e. The van der Waals surface area contributed by atoms with E-state index in [1.165, 1.54) is 33.4 Å². The maximum atomic E-state index is 10.6. The summed E-state index contributed by atoms with van der Waals surface area (Å²) in [7, 11) is 0. The first kappa shape index (κ1) is 32.9. The topological polar surface area (TPSA) is 34.6 Å². The highest BCUT2D eigenvalue weighted by atomic mass is 15.2. The number of anilines is 6. The Labute approximate surface area is 327 Å². The Morgan fingerprint density at radius 3 is 1.21 bits per heavy atom. The van der Waals surface area contributed by atoms with Crippen molar-refractivity contribution in [2.24, 2.45) is 0 Å². The molecule has 0 atom stereocenters. The minimum atomic E-state index is 0.0693. The molecular formula is C52H34N4. The van der Waals surface area contributed by atoms with Crippen LogP contribution in [0.5, 0.6) is 0 Å². The molecule has 10 rings (SSSR count). The van der Waals surface area contributed by atoms with Gasteiger partial charge >= 0.3 is 0 Å². The van der Waals surface area contributed by atoms with Crippen LogP contribution in [0.2, 0.25) is 0 Å². The molecule has 0 aromatic heterocycles. The molecule has 0 unspecified atom stereocenters. The van der Waals surface area contributed by atoms with Crippen LogP contribution in [-0.2, 0) is 0 Å². The van der Waals surface area contributed by atoms with E-state index in [2.05, 4.69) is 191 Å². The van der Waals surface area contributed by atoms with Crippen LogP contribution in [0.25, 0.3) is 16.0 Å². The molecule has 4 nitrogen and oxygen atoms in total. The average molecular weight is 715 g/mol. The molecule has 8 aromatic rings. The van der Waals surface area contributed by atoms with E-state index < -0.39 is 0 Å². The maximum Gasteiger partial charge on any atom is 0.195 e. The Balaban J connectivity index is 1.14. The molecule has 0 bridgehead atoms. The second-order valence-corrected chi connectivity index (χ2v) is 14.2. The van der Waals surface area contributed by atoms with Crippen molar-refractivity contribution in [2.75, 3.05) is 9.80 Å². The number of hydrogen-bond donors (Lipinski definition) is 0. The molecule has 2 aliphatic rings. The second-order valence-electron chi connectivity index (χ2n) is 14.2. The molecule has 0 saturated heterocycles. The highest BCUT2D eigenvalue weighted by Gasteiger charge is 2.34. The van der Waals surface area contributed by atoms with E-state index in [0.717, 1.165) is 45.3 Å². The highest BCUT2D eigenvalue weighted by Crippen LogP contribution is 2.54. The molecule has 2 aliphatic heterocycles. The van der Waals surface area contributed by atoms with Gasteiger partial charge in [0.2, 0.25) is 0 Å². The first-order chi connectivity index (χ1) is 27.7. The van der Waals surface area contributed by atoms with E-state index >= 15 is 0 Å². The summed E-state index contributed by atoms with van der Waals surface area (Å²) in [5.41, 5.74) is 16.0. The van der Waals surface area contributed by atoms with Crippen LogP contribution >= 0.6 is 0 Å². The SMILES string of the molecule is [C-]#[N+]c1ccc(N2c3ccccc3C(c3ccccc3)c3ccccc32)cc1-c1cc(N2c3ccccc3C(c3ccccc3)c3ccccc32)ccc1C#N. The second kappa shape index (κ2) is 13.6. The summed E-state index contributed by atoms with van der Waals surface area (Å²) >= 11 is 0. The van der Waals surface area contributed by atoms with E-state index in [9.17, 15) is 5.26 Å². The molecule has 0 aliphatic carbocycles. The Kier molecular flexibility index (Phi) is 8.02. The van der Waals surface area contributed by atoms with Crippen LogP contribution in [0, 0.1) is 17.9 Å². The summed E-state index contributed by atoms with van der Waals surface area (Å²) in [6.07, 6.45) is 0. The van der Waals surface area contributed by atoms with Gasteiger partial charge in [-0.25, -0.2) is 4.85 Å². The summed E-state index contributed by atoms with van der Waals surface area (Å²) in [5.74, 6) is 0.139. The number of hydrogen-bond acceptors (Lipinski definition) is 3. The average Bonchev–Trinajstić information content (AvgIpc) is 3.27. The minimum absolute atomic E-state index is 0.0693. The number of benzene rings is 8. The van der Waals surface area contributed by atoms with Crippen LogP contribution in [0.15, 0.2) is 194 Å². The third kappa shape index (κ3) is 5.28. The zero-order chi connectivity index (χ0) is 37.6. The molecule has 2 heterocycles. The zero-order valence-corrected chi connectivity index (χ0v) is 30.4. The summed E-state index contributed by atoms with van der Waals surface area (Å²) < 4.78 is 0. The molecule has 0 saturated carbocycles. The van der Waals surface area contributed by atoms with Gasteiger partial charge in [0, 0.05) is 23.2 Å². The third-order valence-corrected chi connectivity index (χ3v) is 11.3. The van der Waals surface area contributed by atoms with Crippen molar-refractivity contribution in [2.45, 2.75) is 11.8 Å². The molecule has 0 radical (unpaired) electrons. The molecule has 0 spiro atoms. The number of rotatable bonds is 5. The Bertz CT molecular complexity index is 2570. The molecule has 56 heavy (non-hydrogen) atoms. The van der Waals surface area contributed by atoms with E-state index in [1.54, 1.807) is 0 Å². The van der Waals surface area contributed by atoms with Gasteiger partial charge in [-0.05, 0) is 99.1 Å². The lowest BCUT2D eigenvalue weighted by Crippen LogP contribution is -2.22. The first-order valence-corrected chi connectivity index (χ1v) is 18.9. The van der Waals surface area contributed by atoms with Gasteiger partial charge < -0.3 is 9.80 Å². The van der Waals surface area contributed by atoms with Gasteiger partial charge in [-0.2, -0.15) is 5.26 Å². The highest BCUT2D eigenvalue weighted by molar-refractivity contribution is 5.94. The van der Waals surface area contributed by atoms with E-state index in [-0.39, 0.29) is 11.8 Å². The lowest BCUT2D eigenvalue weighted by Gasteiger charge is -2.38. The van der Waals surface area contributed by atoms with E-state index in [4.69, 9.17) is 6.57 Å². The van der Waals surface area contributed by atoms with Crippen molar-refractivity contribution in [3.63, 3.8) is 0 Å². The fraction of sp³-hybridized carbons (Fsp3) is 0.0385. The predicted octanol–water partition coefficient (Wildman–Crippen LogP) is 13.7. The molecule has 8 aromatic carbocycles. The van der Waals surface area contributed by atoms with Crippen LogP contribution in [0.1, 0.15) is 50.8 Å². The van der Waals surface area contributed by atoms with Gasteiger partial charge in [-0.1, -0.05) is 140 Å². The summed E-state index contributed by atoms with van der Waals surface area (Å²) in [6.45, 7) is 8.30. The van der Waals surface area contributed by atoms with Crippen LogP contribution in [-0.4, -0.2) is 0 Å². The predicted molar refractivity (Wildman–Crippen MR) is 227 cm³/mol. The minimum Gasteiger partial charge on any atom is -0.310 e.